The van der Waals surface area contributed by atoms with E-state index < -0.39 is 6.04 Å². The van der Waals surface area contributed by atoms with Gasteiger partial charge in [-0.15, -0.1) is 0 Å². The van der Waals surface area contributed by atoms with Crippen LogP contribution in [0.15, 0.2) is 48.5 Å². The zero-order valence-corrected chi connectivity index (χ0v) is 15.6. The number of hydrogen-bond acceptors (Lipinski definition) is 2. The molecule has 0 saturated heterocycles. The van der Waals surface area contributed by atoms with Gasteiger partial charge < -0.3 is 10.2 Å². The lowest BCUT2D eigenvalue weighted by atomic mass is 10.1. The van der Waals surface area contributed by atoms with Crippen molar-refractivity contribution in [3.8, 4) is 0 Å². The molecule has 132 valence electrons. The Labute approximate surface area is 157 Å². The molecule has 2 aromatic carbocycles. The van der Waals surface area contributed by atoms with E-state index in [1.165, 1.54) is 0 Å². The monoisotopic (exact) mass is 378 g/mol. The first-order valence-corrected chi connectivity index (χ1v) is 8.67. The minimum atomic E-state index is -0.601. The highest BCUT2D eigenvalue weighted by atomic mass is 35.5. The molecule has 0 heterocycles. The van der Waals surface area contributed by atoms with Crippen LogP contribution in [0.2, 0.25) is 10.0 Å². The van der Waals surface area contributed by atoms with Crippen LogP contribution in [0.5, 0.6) is 0 Å². The van der Waals surface area contributed by atoms with Crippen molar-refractivity contribution in [2.24, 2.45) is 0 Å². The van der Waals surface area contributed by atoms with Crippen LogP contribution in [0.4, 0.5) is 0 Å². The Morgan fingerprint density at radius 2 is 1.72 bits per heavy atom. The van der Waals surface area contributed by atoms with E-state index in [2.05, 4.69) is 5.32 Å². The Balaban J connectivity index is 2.24. The molecular formula is C19H20Cl2N2O2. The van der Waals surface area contributed by atoms with Crippen molar-refractivity contribution in [1.82, 2.24) is 10.2 Å². The summed E-state index contributed by atoms with van der Waals surface area (Å²) in [6.45, 7) is 1.98. The lowest BCUT2D eigenvalue weighted by Gasteiger charge is -2.28. The maximum atomic E-state index is 12.8. The molecule has 0 aliphatic rings. The Kier molecular flexibility index (Phi) is 6.85. The van der Waals surface area contributed by atoms with Gasteiger partial charge in [-0.3, -0.25) is 9.59 Å². The van der Waals surface area contributed by atoms with E-state index in [4.69, 9.17) is 23.2 Å². The zero-order valence-electron chi connectivity index (χ0n) is 14.1. The van der Waals surface area contributed by atoms with Crippen LogP contribution in [0.3, 0.4) is 0 Å². The summed E-state index contributed by atoms with van der Waals surface area (Å²) in [6.07, 6.45) is 0.226. The largest absolute Gasteiger partial charge is 0.357 e. The van der Waals surface area contributed by atoms with Gasteiger partial charge in [0.2, 0.25) is 11.8 Å². The van der Waals surface area contributed by atoms with Crippen LogP contribution in [-0.2, 0) is 22.6 Å². The molecule has 0 aromatic heterocycles. The standard InChI is InChI=1S/C19H20Cl2N2O2/c1-13(19(25)22-2)23(12-15-8-9-16(20)17(21)10-15)18(24)11-14-6-4-3-5-7-14/h3-10,13H,11-12H2,1-2H3,(H,22,25). The van der Waals surface area contributed by atoms with Crippen LogP contribution < -0.4 is 5.32 Å². The van der Waals surface area contributed by atoms with Crippen LogP contribution in [-0.4, -0.2) is 29.8 Å². The fourth-order valence-corrected chi connectivity index (χ4v) is 2.82. The van der Waals surface area contributed by atoms with Crippen molar-refractivity contribution >= 4 is 35.0 Å². The molecule has 0 bridgehead atoms. The number of nitrogens with one attached hydrogen (secondary N) is 1. The summed E-state index contributed by atoms with van der Waals surface area (Å²) < 4.78 is 0. The highest BCUT2D eigenvalue weighted by Crippen LogP contribution is 2.24. The van der Waals surface area contributed by atoms with Crippen LogP contribution in [0.1, 0.15) is 18.1 Å². The molecule has 0 aliphatic carbocycles. The summed E-state index contributed by atoms with van der Waals surface area (Å²) in [7, 11) is 1.55. The summed E-state index contributed by atoms with van der Waals surface area (Å²) in [4.78, 5) is 26.4. The summed E-state index contributed by atoms with van der Waals surface area (Å²) in [5.74, 6) is -0.352. The SMILES string of the molecule is CNC(=O)C(C)N(Cc1ccc(Cl)c(Cl)c1)C(=O)Cc1ccccc1. The quantitative estimate of drug-likeness (QED) is 0.832. The average molecular weight is 379 g/mol. The number of benzene rings is 2. The Morgan fingerprint density at radius 1 is 1.04 bits per heavy atom. The molecule has 2 rings (SSSR count). The molecule has 0 spiro atoms. The summed E-state index contributed by atoms with van der Waals surface area (Å²) in [5.41, 5.74) is 1.71. The molecule has 0 fully saturated rings. The van der Waals surface area contributed by atoms with Crippen LogP contribution in [0.25, 0.3) is 0 Å². The molecule has 1 unspecified atom stereocenters. The van der Waals surface area contributed by atoms with E-state index >= 15 is 0 Å². The first kappa shape index (κ1) is 19.3. The first-order chi connectivity index (χ1) is 11.9. The third kappa shape index (κ3) is 5.21. The fourth-order valence-electron chi connectivity index (χ4n) is 2.50. The number of amides is 2. The first-order valence-electron chi connectivity index (χ1n) is 7.91. The van der Waals surface area contributed by atoms with Gasteiger partial charge in [0, 0.05) is 13.6 Å². The van der Waals surface area contributed by atoms with Gasteiger partial charge >= 0.3 is 0 Å². The topological polar surface area (TPSA) is 49.4 Å². The van der Waals surface area contributed by atoms with E-state index in [9.17, 15) is 9.59 Å². The summed E-state index contributed by atoms with van der Waals surface area (Å²) in [5, 5.41) is 3.46. The van der Waals surface area contributed by atoms with E-state index in [1.807, 2.05) is 30.3 Å². The third-order valence-corrected chi connectivity index (χ3v) is 4.69. The maximum Gasteiger partial charge on any atom is 0.242 e. The second kappa shape index (κ2) is 8.88. The molecule has 2 amide bonds. The fraction of sp³-hybridized carbons (Fsp3) is 0.263. The normalized spacial score (nSPS) is 11.7. The highest BCUT2D eigenvalue weighted by Gasteiger charge is 2.25. The smallest absolute Gasteiger partial charge is 0.242 e. The molecule has 0 aliphatic heterocycles. The molecule has 0 saturated carbocycles. The van der Waals surface area contributed by atoms with E-state index in [1.54, 1.807) is 37.1 Å². The second-order valence-corrected chi connectivity index (χ2v) is 6.54. The number of rotatable bonds is 6. The number of likely N-dealkylation sites (N-methyl/N-ethyl adjacent to an activating group) is 1. The number of halogens is 2. The molecular weight excluding hydrogens is 359 g/mol. The van der Waals surface area contributed by atoms with Gasteiger partial charge in [-0.2, -0.15) is 0 Å². The molecule has 4 nitrogen and oxygen atoms in total. The predicted octanol–water partition coefficient (Wildman–Crippen LogP) is 3.70. The molecule has 2 aromatic rings. The Bertz CT molecular complexity index is 750. The molecule has 25 heavy (non-hydrogen) atoms. The van der Waals surface area contributed by atoms with Gasteiger partial charge in [-0.1, -0.05) is 59.6 Å². The Morgan fingerprint density at radius 3 is 2.32 bits per heavy atom. The number of carbonyl (C=O) groups excluding carboxylic acids is 2. The molecule has 1 atom stereocenters. The van der Waals surface area contributed by atoms with E-state index in [-0.39, 0.29) is 24.8 Å². The van der Waals surface area contributed by atoms with Crippen molar-refractivity contribution in [2.45, 2.75) is 25.9 Å². The second-order valence-electron chi connectivity index (χ2n) is 5.72. The lowest BCUT2D eigenvalue weighted by Crippen LogP contribution is -2.47. The minimum absolute atomic E-state index is 0.131. The van der Waals surface area contributed by atoms with Crippen LogP contribution in [0, 0.1) is 0 Å². The van der Waals surface area contributed by atoms with Crippen molar-refractivity contribution in [3.63, 3.8) is 0 Å². The van der Waals surface area contributed by atoms with Gasteiger partial charge in [0.25, 0.3) is 0 Å². The van der Waals surface area contributed by atoms with Gasteiger partial charge in [-0.05, 0) is 30.2 Å². The zero-order chi connectivity index (χ0) is 18.4. The number of hydrogen-bond donors (Lipinski definition) is 1. The molecule has 1 N–H and O–H groups in total. The van der Waals surface area contributed by atoms with Gasteiger partial charge in [0.05, 0.1) is 16.5 Å². The minimum Gasteiger partial charge on any atom is -0.357 e. The van der Waals surface area contributed by atoms with Crippen molar-refractivity contribution in [2.75, 3.05) is 7.05 Å². The van der Waals surface area contributed by atoms with Crippen molar-refractivity contribution in [1.29, 1.82) is 0 Å². The van der Waals surface area contributed by atoms with Crippen molar-refractivity contribution < 1.29 is 9.59 Å². The maximum absolute atomic E-state index is 12.8. The average Bonchev–Trinajstić information content (AvgIpc) is 2.62. The lowest BCUT2D eigenvalue weighted by molar-refractivity contribution is -0.139. The molecule has 0 radical (unpaired) electrons. The predicted molar refractivity (Wildman–Crippen MR) is 101 cm³/mol. The van der Waals surface area contributed by atoms with E-state index in [0.29, 0.717) is 10.0 Å². The van der Waals surface area contributed by atoms with Crippen molar-refractivity contribution in [3.05, 3.63) is 69.7 Å². The highest BCUT2D eigenvalue weighted by molar-refractivity contribution is 6.42. The third-order valence-electron chi connectivity index (χ3n) is 3.95. The van der Waals surface area contributed by atoms with Gasteiger partial charge in [0.15, 0.2) is 0 Å². The summed E-state index contributed by atoms with van der Waals surface area (Å²) in [6, 6.07) is 14.0. The molecule has 6 heteroatoms. The van der Waals surface area contributed by atoms with E-state index in [0.717, 1.165) is 11.1 Å². The number of nitrogens with zero attached hydrogens (tertiary/aromatic N) is 1. The van der Waals surface area contributed by atoms with Gasteiger partial charge in [0.1, 0.15) is 6.04 Å². The van der Waals surface area contributed by atoms with Crippen LogP contribution >= 0.6 is 23.2 Å². The number of carbonyl (C=O) groups is 2. The Hall–Kier alpha value is -2.04. The van der Waals surface area contributed by atoms with Gasteiger partial charge in [-0.25, -0.2) is 0 Å². The summed E-state index contributed by atoms with van der Waals surface area (Å²) >= 11 is 12.0.